The number of nitrogens with zero attached hydrogens (tertiary/aromatic N) is 2. The maximum absolute atomic E-state index is 13.8. The molecule has 0 bridgehead atoms. The summed E-state index contributed by atoms with van der Waals surface area (Å²) >= 11 is 0. The summed E-state index contributed by atoms with van der Waals surface area (Å²) in [7, 11) is 0. The van der Waals surface area contributed by atoms with Gasteiger partial charge in [0.25, 0.3) is 23.7 Å². The van der Waals surface area contributed by atoms with Gasteiger partial charge in [0.05, 0.1) is 34.2 Å². The lowest BCUT2D eigenvalue weighted by Crippen LogP contribution is -2.54. The van der Waals surface area contributed by atoms with E-state index in [4.69, 9.17) is 19.4 Å². The average Bonchev–Trinajstić information content (AvgIpc) is 3.77. The van der Waals surface area contributed by atoms with E-state index in [2.05, 4.69) is 20.6 Å². The van der Waals surface area contributed by atoms with Crippen LogP contribution in [0, 0.1) is 10.8 Å². The van der Waals surface area contributed by atoms with Crippen molar-refractivity contribution in [3.05, 3.63) is 72.3 Å². The van der Waals surface area contributed by atoms with Crippen LogP contribution >= 0.6 is 0 Å². The summed E-state index contributed by atoms with van der Waals surface area (Å²) in [4.78, 5) is 43.3. The number of carbonyl (C=O) groups is 2. The van der Waals surface area contributed by atoms with Gasteiger partial charge in [-0.1, -0.05) is 77.9 Å². The Kier molecular flexibility index (Phi) is 10.3. The van der Waals surface area contributed by atoms with Crippen molar-refractivity contribution in [2.45, 2.75) is 116 Å². The molecule has 7 rings (SSSR count). The zero-order chi connectivity index (χ0) is 42.1. The van der Waals surface area contributed by atoms with Gasteiger partial charge in [-0.15, -0.1) is 0 Å². The predicted octanol–water partition coefficient (Wildman–Crippen LogP) is 9.59. The first-order valence-corrected chi connectivity index (χ1v) is 19.7. The highest BCUT2D eigenvalue weighted by atomic mass is 19.3. The van der Waals surface area contributed by atoms with Gasteiger partial charge in [0, 0.05) is 12.8 Å². The molecule has 3 aromatic carbocycles. The van der Waals surface area contributed by atoms with E-state index in [9.17, 15) is 27.2 Å². The Morgan fingerprint density at radius 3 is 1.26 bits per heavy atom. The molecule has 4 heterocycles. The van der Waals surface area contributed by atoms with Crippen LogP contribution in [-0.2, 0) is 19.1 Å². The molecule has 5 aromatic rings. The maximum atomic E-state index is 13.8. The summed E-state index contributed by atoms with van der Waals surface area (Å²) in [6.07, 6.45) is -1.01. The first-order valence-electron chi connectivity index (χ1n) is 19.7. The van der Waals surface area contributed by atoms with E-state index < -0.39 is 83.8 Å². The van der Waals surface area contributed by atoms with Gasteiger partial charge in [-0.05, 0) is 84.0 Å². The molecule has 2 aliphatic rings. The molecule has 2 saturated heterocycles. The Morgan fingerprint density at radius 2 is 0.948 bits per heavy atom. The Balaban J connectivity index is 1.08. The molecule has 0 aliphatic carbocycles. The zero-order valence-corrected chi connectivity index (χ0v) is 34.2. The molecule has 0 saturated carbocycles. The lowest BCUT2D eigenvalue weighted by molar-refractivity contribution is -0.190. The van der Waals surface area contributed by atoms with Crippen LogP contribution < -0.4 is 10.6 Å². The number of rotatable bonds is 8. The molecule has 310 valence electrons. The lowest BCUT2D eigenvalue weighted by Gasteiger charge is -2.38. The number of aromatic amines is 2. The minimum absolute atomic E-state index is 0.0884. The van der Waals surface area contributed by atoms with Gasteiger partial charge in [-0.25, -0.2) is 27.5 Å². The number of fused-ring (bicyclic) bond motifs is 2. The molecule has 14 heteroatoms. The lowest BCUT2D eigenvalue weighted by atomic mass is 9.85. The van der Waals surface area contributed by atoms with E-state index in [1.54, 1.807) is 13.8 Å². The number of alkyl halides is 4. The molecular formula is C44H52F4N6O4. The van der Waals surface area contributed by atoms with E-state index >= 15 is 0 Å². The van der Waals surface area contributed by atoms with E-state index in [0.717, 1.165) is 44.3 Å². The molecule has 4 atom stereocenters. The van der Waals surface area contributed by atoms with Gasteiger partial charge in [0.1, 0.15) is 36.1 Å². The highest BCUT2D eigenvalue weighted by Gasteiger charge is 2.49. The van der Waals surface area contributed by atoms with Gasteiger partial charge in [0.15, 0.2) is 0 Å². The normalized spacial score (nSPS) is 23.4. The number of halogens is 4. The summed E-state index contributed by atoms with van der Waals surface area (Å²) in [5.74, 6) is -5.68. The second-order valence-electron chi connectivity index (χ2n) is 18.6. The minimum Gasteiger partial charge on any atom is -0.359 e. The summed E-state index contributed by atoms with van der Waals surface area (Å²) in [5.41, 5.74) is 3.23. The molecule has 2 fully saturated rings. The van der Waals surface area contributed by atoms with Crippen molar-refractivity contribution < 1.29 is 36.6 Å². The van der Waals surface area contributed by atoms with Crippen molar-refractivity contribution in [2.75, 3.05) is 13.2 Å². The largest absolute Gasteiger partial charge is 0.359 e. The standard InChI is InChI=1S/C44H52F4N6O4/c1-39(2,3)33(53-37(55)41(7)17-19-43(45,46)23-57-41)35-49-29-15-13-27(21-31(29)51-35)25-9-11-26(12-10-25)28-14-16-30-32(22-28)52-36(50-30)34(40(4,5)6)54-38(56)42(8)18-20-44(47,48)24-58-42/h9-16,21-22,33-34H,17-20,23-24H2,1-8H3,(H,49,51)(H,50,52)(H,53,55)(H,54,56)/t33-,34-,41-,42-/m1/s1. The average molecular weight is 805 g/mol. The van der Waals surface area contributed by atoms with E-state index in [0.29, 0.717) is 11.6 Å². The van der Waals surface area contributed by atoms with Crippen LogP contribution in [0.3, 0.4) is 0 Å². The number of ether oxygens (including phenoxy) is 2. The van der Waals surface area contributed by atoms with E-state index in [1.807, 2.05) is 102 Å². The van der Waals surface area contributed by atoms with Crippen molar-refractivity contribution in [1.29, 1.82) is 0 Å². The molecule has 2 amide bonds. The number of nitrogens with one attached hydrogen (secondary N) is 4. The van der Waals surface area contributed by atoms with Gasteiger partial charge in [-0.3, -0.25) is 9.59 Å². The number of carbonyl (C=O) groups excluding carboxylic acids is 2. The number of hydrogen-bond acceptors (Lipinski definition) is 6. The molecule has 0 spiro atoms. The highest BCUT2D eigenvalue weighted by Crippen LogP contribution is 2.40. The minimum atomic E-state index is -2.95. The zero-order valence-electron chi connectivity index (χ0n) is 34.2. The monoisotopic (exact) mass is 804 g/mol. The fourth-order valence-corrected chi connectivity index (χ4v) is 7.52. The second-order valence-corrected chi connectivity index (χ2v) is 18.6. The number of benzene rings is 3. The molecule has 2 aromatic heterocycles. The summed E-state index contributed by atoms with van der Waals surface area (Å²) < 4.78 is 66.0. The maximum Gasteiger partial charge on any atom is 0.271 e. The van der Waals surface area contributed by atoms with Crippen molar-refractivity contribution >= 4 is 33.9 Å². The topological polar surface area (TPSA) is 134 Å². The summed E-state index contributed by atoms with van der Waals surface area (Å²) in [6, 6.07) is 18.9. The van der Waals surface area contributed by atoms with Crippen LogP contribution in [0.4, 0.5) is 17.6 Å². The summed E-state index contributed by atoms with van der Waals surface area (Å²) in [6.45, 7) is 13.4. The Labute approximate surface area is 335 Å². The van der Waals surface area contributed by atoms with Crippen LogP contribution in [0.1, 0.15) is 105 Å². The van der Waals surface area contributed by atoms with E-state index in [-0.39, 0.29) is 12.8 Å². The number of hydrogen-bond donors (Lipinski definition) is 4. The van der Waals surface area contributed by atoms with Crippen molar-refractivity contribution in [2.24, 2.45) is 10.8 Å². The van der Waals surface area contributed by atoms with Crippen molar-refractivity contribution in [3.8, 4) is 22.3 Å². The smallest absolute Gasteiger partial charge is 0.271 e. The van der Waals surface area contributed by atoms with Crippen molar-refractivity contribution in [3.63, 3.8) is 0 Å². The SMILES string of the molecule is CC(C)(C)[C@H](NC(=O)[C@@]1(C)CCC(F)(F)CO1)c1nc2ccc(-c3ccc(-c4ccc5nc([C@@H](NC(=O)[C@@]6(C)CCC(F)(F)CO6)C(C)(C)C)[nH]c5c4)cc3)cc2[nH]1. The number of aromatic nitrogens is 4. The Bertz CT molecular complexity index is 2160. The Morgan fingerprint density at radius 1 is 0.603 bits per heavy atom. The van der Waals surface area contributed by atoms with E-state index in [1.165, 1.54) is 0 Å². The number of H-pyrrole nitrogens is 2. The number of amides is 2. The third kappa shape index (κ3) is 8.49. The van der Waals surface area contributed by atoms with Crippen LogP contribution in [0.5, 0.6) is 0 Å². The fourth-order valence-electron chi connectivity index (χ4n) is 7.52. The first kappa shape index (κ1) is 41.3. The molecule has 58 heavy (non-hydrogen) atoms. The molecule has 0 radical (unpaired) electrons. The fraction of sp³-hybridized carbons (Fsp3) is 0.500. The molecule has 0 unspecified atom stereocenters. The third-order valence-corrected chi connectivity index (χ3v) is 11.5. The molecule has 2 aliphatic heterocycles. The third-order valence-electron chi connectivity index (χ3n) is 11.5. The quantitative estimate of drug-likeness (QED) is 0.116. The second kappa shape index (κ2) is 14.5. The highest BCUT2D eigenvalue weighted by molar-refractivity contribution is 5.87. The van der Waals surface area contributed by atoms with Gasteiger partial charge in [-0.2, -0.15) is 0 Å². The van der Waals surface area contributed by atoms with Crippen LogP contribution in [0.15, 0.2) is 60.7 Å². The van der Waals surface area contributed by atoms with Crippen LogP contribution in [0.25, 0.3) is 44.3 Å². The van der Waals surface area contributed by atoms with Gasteiger partial charge in [0.2, 0.25) is 0 Å². The van der Waals surface area contributed by atoms with Crippen LogP contribution in [-0.4, -0.2) is 68.0 Å². The predicted molar refractivity (Wildman–Crippen MR) is 214 cm³/mol. The van der Waals surface area contributed by atoms with Crippen LogP contribution in [0.2, 0.25) is 0 Å². The summed E-state index contributed by atoms with van der Waals surface area (Å²) in [5, 5.41) is 6.07. The molecule has 10 nitrogen and oxygen atoms in total. The Hall–Kier alpha value is -4.82. The van der Waals surface area contributed by atoms with Gasteiger partial charge >= 0.3 is 0 Å². The molecular weight excluding hydrogens is 753 g/mol. The molecule has 4 N–H and O–H groups in total. The van der Waals surface area contributed by atoms with Gasteiger partial charge < -0.3 is 30.1 Å². The number of imidazole rings is 2. The van der Waals surface area contributed by atoms with Crippen molar-refractivity contribution in [1.82, 2.24) is 30.6 Å². The first-order chi connectivity index (χ1) is 26.9.